The number of hydrogen-bond donors (Lipinski definition) is 2. The maximum absolute atomic E-state index is 10.7. The van der Waals surface area contributed by atoms with E-state index in [-0.39, 0.29) is 4.47 Å². The van der Waals surface area contributed by atoms with Gasteiger partial charge in [0.05, 0.1) is 9.79 Å². The molecule has 15 heavy (non-hydrogen) atoms. The van der Waals surface area contributed by atoms with Crippen molar-refractivity contribution in [3.05, 3.63) is 22.7 Å². The quantitative estimate of drug-likeness (QED) is 0.786. The van der Waals surface area contributed by atoms with Gasteiger partial charge < -0.3 is 0 Å². The van der Waals surface area contributed by atoms with Crippen molar-refractivity contribution in [3.63, 3.8) is 0 Å². The predicted octanol–water partition coefficient (Wildman–Crippen LogP) is 0.943. The molecule has 0 unspecified atom stereocenters. The van der Waals surface area contributed by atoms with E-state index >= 15 is 0 Å². The highest BCUT2D eigenvalue weighted by atomic mass is 79.9. The lowest BCUT2D eigenvalue weighted by atomic mass is 10.4. The first-order valence-electron chi connectivity index (χ1n) is 3.36. The molecule has 1 aromatic rings. The van der Waals surface area contributed by atoms with Gasteiger partial charge in [-0.1, -0.05) is 15.9 Å². The summed E-state index contributed by atoms with van der Waals surface area (Å²) < 4.78 is 60.3. The molecule has 0 saturated heterocycles. The molecule has 0 aromatic heterocycles. The van der Waals surface area contributed by atoms with Gasteiger partial charge in [-0.2, -0.15) is 16.8 Å². The van der Waals surface area contributed by atoms with Crippen LogP contribution in [-0.2, 0) is 20.2 Å². The predicted molar refractivity (Wildman–Crippen MR) is 53.8 cm³/mol. The molecule has 6 nitrogen and oxygen atoms in total. The van der Waals surface area contributed by atoms with Crippen LogP contribution in [0.25, 0.3) is 0 Å². The molecule has 0 radical (unpaired) electrons. The first-order chi connectivity index (χ1) is 6.60. The van der Waals surface area contributed by atoms with Gasteiger partial charge in [0.2, 0.25) is 0 Å². The second-order valence-electron chi connectivity index (χ2n) is 2.57. The van der Waals surface area contributed by atoms with Gasteiger partial charge in [0.25, 0.3) is 20.2 Å². The molecule has 0 saturated carbocycles. The lowest BCUT2D eigenvalue weighted by Crippen LogP contribution is -2.03. The molecule has 1 aromatic carbocycles. The van der Waals surface area contributed by atoms with Crippen LogP contribution in [-0.4, -0.2) is 25.9 Å². The third kappa shape index (κ3) is 3.24. The van der Waals surface area contributed by atoms with Crippen LogP contribution in [0.5, 0.6) is 0 Å². The van der Waals surface area contributed by atoms with Gasteiger partial charge in [-0.05, 0) is 18.2 Å². The Balaban J connectivity index is 3.57. The van der Waals surface area contributed by atoms with E-state index in [1.54, 1.807) is 0 Å². The summed E-state index contributed by atoms with van der Waals surface area (Å²) in [6.45, 7) is 0. The van der Waals surface area contributed by atoms with Crippen LogP contribution in [0.1, 0.15) is 0 Å². The van der Waals surface area contributed by atoms with E-state index in [4.69, 9.17) is 9.11 Å². The van der Waals surface area contributed by atoms with Gasteiger partial charge >= 0.3 is 0 Å². The molecule has 0 aliphatic rings. The summed E-state index contributed by atoms with van der Waals surface area (Å²) in [7, 11) is -9.03. The molecule has 0 aliphatic heterocycles. The molecule has 1 rings (SSSR count). The first kappa shape index (κ1) is 12.6. The summed E-state index contributed by atoms with van der Waals surface area (Å²) in [4.78, 5) is -1.24. The number of hydrogen-bond acceptors (Lipinski definition) is 4. The van der Waals surface area contributed by atoms with Crippen LogP contribution >= 0.6 is 15.9 Å². The Bertz CT molecular complexity index is 538. The smallest absolute Gasteiger partial charge is 0.282 e. The molecule has 0 heterocycles. The van der Waals surface area contributed by atoms with Crippen LogP contribution in [0.2, 0.25) is 0 Å². The Morgan fingerprint density at radius 2 is 1.20 bits per heavy atom. The average molecular weight is 317 g/mol. The monoisotopic (exact) mass is 316 g/mol. The minimum atomic E-state index is -4.51. The second kappa shape index (κ2) is 3.83. The standard InChI is InChI=1S/C6H5BrO6S2/c7-4-1-5(14(8,9)10)3-6(2-4)15(11,12)13/h1-3H,(H,8,9,10)(H,11,12,13). The van der Waals surface area contributed by atoms with E-state index < -0.39 is 30.0 Å². The summed E-state index contributed by atoms with van der Waals surface area (Å²) in [5.41, 5.74) is 0. The fraction of sp³-hybridized carbons (Fsp3) is 0. The normalized spacial score (nSPS) is 12.7. The van der Waals surface area contributed by atoms with E-state index in [1.165, 1.54) is 0 Å². The molecule has 0 atom stereocenters. The molecule has 9 heteroatoms. The lowest BCUT2D eigenvalue weighted by molar-refractivity contribution is 0.481. The van der Waals surface area contributed by atoms with Crippen LogP contribution in [0.15, 0.2) is 32.5 Å². The highest BCUT2D eigenvalue weighted by Crippen LogP contribution is 2.22. The molecular weight excluding hydrogens is 312 g/mol. The molecular formula is C6H5BrO6S2. The fourth-order valence-electron chi connectivity index (χ4n) is 0.835. The zero-order valence-electron chi connectivity index (χ0n) is 6.95. The Morgan fingerprint density at radius 3 is 1.47 bits per heavy atom. The minimum Gasteiger partial charge on any atom is -0.282 e. The molecule has 2 N–H and O–H groups in total. The third-order valence-corrected chi connectivity index (χ3v) is 3.56. The highest BCUT2D eigenvalue weighted by molar-refractivity contribution is 9.10. The van der Waals surface area contributed by atoms with Crippen LogP contribution in [0.4, 0.5) is 0 Å². The maximum atomic E-state index is 10.7. The minimum absolute atomic E-state index is 0.102. The van der Waals surface area contributed by atoms with Gasteiger partial charge in [-0.15, -0.1) is 0 Å². The summed E-state index contributed by atoms with van der Waals surface area (Å²) >= 11 is 2.85. The van der Waals surface area contributed by atoms with E-state index in [0.29, 0.717) is 6.07 Å². The molecule has 84 valence electrons. The van der Waals surface area contributed by atoms with Crippen molar-refractivity contribution < 1.29 is 25.9 Å². The van der Waals surface area contributed by atoms with Crippen LogP contribution in [0, 0.1) is 0 Å². The maximum Gasteiger partial charge on any atom is 0.294 e. The number of benzene rings is 1. The summed E-state index contributed by atoms with van der Waals surface area (Å²) in [6, 6.07) is 2.66. The van der Waals surface area contributed by atoms with Gasteiger partial charge in [-0.3, -0.25) is 9.11 Å². The zero-order chi connectivity index (χ0) is 11.9. The van der Waals surface area contributed by atoms with Crippen molar-refractivity contribution in [2.45, 2.75) is 9.79 Å². The SMILES string of the molecule is O=S(=O)(O)c1cc(Br)cc(S(=O)(=O)O)c1. The first-order valence-corrected chi connectivity index (χ1v) is 7.03. The van der Waals surface area contributed by atoms with Gasteiger partial charge in [0, 0.05) is 4.47 Å². The van der Waals surface area contributed by atoms with Crippen LogP contribution in [0.3, 0.4) is 0 Å². The molecule has 0 aliphatic carbocycles. The Morgan fingerprint density at radius 1 is 0.867 bits per heavy atom. The highest BCUT2D eigenvalue weighted by Gasteiger charge is 2.17. The Labute approximate surface area is 94.6 Å². The second-order valence-corrected chi connectivity index (χ2v) is 6.33. The van der Waals surface area contributed by atoms with Crippen molar-refractivity contribution in [2.75, 3.05) is 0 Å². The van der Waals surface area contributed by atoms with E-state index in [0.717, 1.165) is 12.1 Å². The molecule has 0 spiro atoms. The van der Waals surface area contributed by atoms with E-state index in [1.807, 2.05) is 0 Å². The summed E-state index contributed by atoms with van der Waals surface area (Å²) in [5.74, 6) is 0. The largest absolute Gasteiger partial charge is 0.294 e. The summed E-state index contributed by atoms with van der Waals surface area (Å²) in [6.07, 6.45) is 0. The van der Waals surface area contributed by atoms with Gasteiger partial charge in [0.15, 0.2) is 0 Å². The van der Waals surface area contributed by atoms with Crippen molar-refractivity contribution >= 4 is 36.2 Å². The van der Waals surface area contributed by atoms with Gasteiger partial charge in [-0.25, -0.2) is 0 Å². The Hall–Kier alpha value is -0.480. The average Bonchev–Trinajstić information content (AvgIpc) is 1.99. The zero-order valence-corrected chi connectivity index (χ0v) is 10.2. The number of rotatable bonds is 2. The van der Waals surface area contributed by atoms with Crippen molar-refractivity contribution in [3.8, 4) is 0 Å². The topological polar surface area (TPSA) is 109 Å². The van der Waals surface area contributed by atoms with Crippen molar-refractivity contribution in [1.29, 1.82) is 0 Å². The molecule has 0 bridgehead atoms. The van der Waals surface area contributed by atoms with E-state index in [2.05, 4.69) is 15.9 Å². The number of halogens is 1. The van der Waals surface area contributed by atoms with Crippen molar-refractivity contribution in [2.24, 2.45) is 0 Å². The lowest BCUT2D eigenvalue weighted by Gasteiger charge is -2.01. The Kier molecular flexibility index (Phi) is 3.22. The summed E-state index contributed by atoms with van der Waals surface area (Å²) in [5, 5.41) is 0. The van der Waals surface area contributed by atoms with Gasteiger partial charge in [0.1, 0.15) is 0 Å². The van der Waals surface area contributed by atoms with Crippen molar-refractivity contribution in [1.82, 2.24) is 0 Å². The van der Waals surface area contributed by atoms with Crippen LogP contribution < -0.4 is 0 Å². The van der Waals surface area contributed by atoms with E-state index in [9.17, 15) is 16.8 Å². The fourth-order valence-corrected chi connectivity index (χ4v) is 2.81. The molecule has 0 fully saturated rings. The third-order valence-electron chi connectivity index (χ3n) is 1.44. The molecule has 0 amide bonds.